The molecule has 0 unspecified atom stereocenters. The third-order valence-electron chi connectivity index (χ3n) is 2.07. The number of nitrogens with zero attached hydrogens (tertiary/aromatic N) is 1. The van der Waals surface area contributed by atoms with E-state index in [2.05, 4.69) is 0 Å². The quantitative estimate of drug-likeness (QED) is 0.464. The maximum atomic E-state index is 12.3. The maximum absolute atomic E-state index is 12.3. The number of ketones is 1. The standard InChI is InChI=1S/C13H9NO3/c15-13(10-4-2-1-3-5-10)11-6-8-12(9-7-11)14(16)17/h1-9H/i1D,2D,3D,4D,5D. The van der Waals surface area contributed by atoms with Crippen molar-refractivity contribution in [3.63, 3.8) is 0 Å². The molecule has 0 aliphatic rings. The number of nitro groups is 1. The number of nitro benzene ring substituents is 1. The number of rotatable bonds is 3. The highest BCUT2D eigenvalue weighted by atomic mass is 16.6. The van der Waals surface area contributed by atoms with Gasteiger partial charge in [-0.1, -0.05) is 30.2 Å². The van der Waals surface area contributed by atoms with Gasteiger partial charge in [-0.05, 0) is 12.1 Å². The van der Waals surface area contributed by atoms with Crippen LogP contribution < -0.4 is 0 Å². The van der Waals surface area contributed by atoms with Crippen LogP contribution in [-0.2, 0) is 0 Å². The Morgan fingerprint density at radius 1 is 1.06 bits per heavy atom. The molecule has 2 aromatic carbocycles. The molecule has 84 valence electrons. The minimum Gasteiger partial charge on any atom is -0.289 e. The van der Waals surface area contributed by atoms with Crippen LogP contribution >= 0.6 is 0 Å². The lowest BCUT2D eigenvalue weighted by molar-refractivity contribution is -0.384. The molecule has 0 bridgehead atoms. The summed E-state index contributed by atoms with van der Waals surface area (Å²) in [5.74, 6) is -0.785. The van der Waals surface area contributed by atoms with Crippen molar-refractivity contribution in [1.29, 1.82) is 0 Å². The van der Waals surface area contributed by atoms with E-state index in [-0.39, 0.29) is 11.3 Å². The van der Waals surface area contributed by atoms with Crippen LogP contribution in [0.5, 0.6) is 0 Å². The summed E-state index contributed by atoms with van der Waals surface area (Å²) in [6.45, 7) is 0. The molecule has 0 aliphatic heterocycles. The molecule has 17 heavy (non-hydrogen) atoms. The lowest BCUT2D eigenvalue weighted by atomic mass is 10.0. The van der Waals surface area contributed by atoms with Crippen molar-refractivity contribution in [2.24, 2.45) is 0 Å². The van der Waals surface area contributed by atoms with E-state index in [1.807, 2.05) is 0 Å². The van der Waals surface area contributed by atoms with E-state index in [0.29, 0.717) is 0 Å². The summed E-state index contributed by atoms with van der Waals surface area (Å²) in [4.78, 5) is 22.3. The predicted octanol–water partition coefficient (Wildman–Crippen LogP) is 2.83. The van der Waals surface area contributed by atoms with Gasteiger partial charge in [-0.2, -0.15) is 0 Å². The molecule has 0 radical (unpaired) electrons. The Morgan fingerprint density at radius 3 is 2.18 bits per heavy atom. The van der Waals surface area contributed by atoms with Crippen LogP contribution in [0.25, 0.3) is 0 Å². The summed E-state index contributed by atoms with van der Waals surface area (Å²) in [7, 11) is 0. The molecule has 0 N–H and O–H groups in total. The van der Waals surface area contributed by atoms with Crippen LogP contribution in [0.1, 0.15) is 22.8 Å². The average Bonchev–Trinajstić information content (AvgIpc) is 2.51. The smallest absolute Gasteiger partial charge is 0.269 e. The van der Waals surface area contributed by atoms with Crippen LogP contribution in [0.2, 0.25) is 0 Å². The molecule has 0 aliphatic carbocycles. The number of benzene rings is 2. The van der Waals surface area contributed by atoms with Gasteiger partial charge in [0.25, 0.3) is 5.69 Å². The Kier molecular flexibility index (Phi) is 1.69. The average molecular weight is 232 g/mol. The van der Waals surface area contributed by atoms with Gasteiger partial charge < -0.3 is 0 Å². The zero-order valence-corrected chi connectivity index (χ0v) is 8.48. The van der Waals surface area contributed by atoms with Crippen molar-refractivity contribution >= 4 is 11.5 Å². The van der Waals surface area contributed by atoms with Crippen LogP contribution in [0.15, 0.2) is 54.5 Å². The molecular weight excluding hydrogens is 218 g/mol. The number of hydrogen-bond donors (Lipinski definition) is 0. The van der Waals surface area contributed by atoms with Gasteiger partial charge in [0.1, 0.15) is 0 Å². The van der Waals surface area contributed by atoms with E-state index in [0.717, 1.165) is 12.1 Å². The van der Waals surface area contributed by atoms with Crippen molar-refractivity contribution in [2.75, 3.05) is 0 Å². The molecule has 0 atom stereocenters. The fraction of sp³-hybridized carbons (Fsp3) is 0. The number of non-ortho nitro benzene ring substituents is 1. The van der Waals surface area contributed by atoms with E-state index in [1.165, 1.54) is 12.1 Å². The Bertz CT molecular complexity index is 760. The van der Waals surface area contributed by atoms with Crippen LogP contribution in [0.4, 0.5) is 5.69 Å². The summed E-state index contributed by atoms with van der Waals surface area (Å²) in [6, 6.07) is 1.59. The van der Waals surface area contributed by atoms with Crippen LogP contribution in [-0.4, -0.2) is 10.7 Å². The first-order valence-electron chi connectivity index (χ1n) is 7.11. The summed E-state index contributed by atoms with van der Waals surface area (Å²) in [5, 5.41) is 10.6. The second kappa shape index (κ2) is 4.57. The van der Waals surface area contributed by atoms with Gasteiger partial charge in [0.15, 0.2) is 5.78 Å². The second-order valence-corrected chi connectivity index (χ2v) is 3.13. The Morgan fingerprint density at radius 2 is 1.65 bits per heavy atom. The topological polar surface area (TPSA) is 60.2 Å². The lowest BCUT2D eigenvalue weighted by Crippen LogP contribution is -2.00. The second-order valence-electron chi connectivity index (χ2n) is 3.13. The van der Waals surface area contributed by atoms with E-state index in [4.69, 9.17) is 6.85 Å². The zero-order chi connectivity index (χ0) is 16.6. The normalized spacial score (nSPS) is 14.0. The maximum Gasteiger partial charge on any atom is 0.269 e. The molecule has 0 saturated carbocycles. The van der Waals surface area contributed by atoms with Crippen LogP contribution in [0.3, 0.4) is 0 Å². The molecule has 0 heterocycles. The Labute approximate surface area is 105 Å². The van der Waals surface area contributed by atoms with Crippen molar-refractivity contribution in [1.82, 2.24) is 0 Å². The monoisotopic (exact) mass is 232 g/mol. The molecule has 2 rings (SSSR count). The highest BCUT2D eigenvalue weighted by molar-refractivity contribution is 6.09. The molecule has 0 saturated heterocycles. The van der Waals surface area contributed by atoms with Crippen molar-refractivity contribution in [3.8, 4) is 0 Å². The fourth-order valence-corrected chi connectivity index (χ4v) is 1.24. The molecule has 0 fully saturated rings. The predicted molar refractivity (Wildman–Crippen MR) is 63.0 cm³/mol. The van der Waals surface area contributed by atoms with Gasteiger partial charge in [-0.15, -0.1) is 0 Å². The third kappa shape index (κ3) is 2.36. The summed E-state index contributed by atoms with van der Waals surface area (Å²) in [6.07, 6.45) is 0. The summed E-state index contributed by atoms with van der Waals surface area (Å²) in [5.41, 5.74) is -0.665. The molecule has 0 aromatic heterocycles. The van der Waals surface area contributed by atoms with Gasteiger partial charge in [0, 0.05) is 23.3 Å². The van der Waals surface area contributed by atoms with Crippen molar-refractivity contribution in [3.05, 3.63) is 75.7 Å². The van der Waals surface area contributed by atoms with Gasteiger partial charge in [-0.3, -0.25) is 14.9 Å². The van der Waals surface area contributed by atoms with Crippen molar-refractivity contribution < 1.29 is 16.6 Å². The van der Waals surface area contributed by atoms with E-state index in [1.54, 1.807) is 0 Å². The third-order valence-corrected chi connectivity index (χ3v) is 2.07. The van der Waals surface area contributed by atoms with Crippen LogP contribution in [0, 0.1) is 10.1 Å². The molecule has 0 spiro atoms. The fourth-order valence-electron chi connectivity index (χ4n) is 1.24. The number of carbonyl (C=O) groups excluding carboxylic acids is 1. The lowest BCUT2D eigenvalue weighted by Gasteiger charge is -2.00. The van der Waals surface area contributed by atoms with E-state index < -0.39 is 46.5 Å². The largest absolute Gasteiger partial charge is 0.289 e. The SMILES string of the molecule is [2H]c1c([2H])c([2H])c(C(=O)c2ccc([N+](=O)[O-])cc2)c([2H])c1[2H]. The van der Waals surface area contributed by atoms with Gasteiger partial charge in [0.2, 0.25) is 0 Å². The highest BCUT2D eigenvalue weighted by Gasteiger charge is 2.10. The molecule has 4 nitrogen and oxygen atoms in total. The first-order chi connectivity index (χ1) is 10.3. The number of hydrogen-bond acceptors (Lipinski definition) is 3. The molecular formula is C13H9NO3. The van der Waals surface area contributed by atoms with Gasteiger partial charge in [-0.25, -0.2) is 0 Å². The van der Waals surface area contributed by atoms with Gasteiger partial charge >= 0.3 is 0 Å². The van der Waals surface area contributed by atoms with E-state index in [9.17, 15) is 14.9 Å². The van der Waals surface area contributed by atoms with Crippen molar-refractivity contribution in [2.45, 2.75) is 0 Å². The summed E-state index contributed by atoms with van der Waals surface area (Å²) >= 11 is 0. The minimum absolute atomic E-state index is 0.00382. The Hall–Kier alpha value is -2.49. The highest BCUT2D eigenvalue weighted by Crippen LogP contribution is 2.15. The molecule has 0 amide bonds. The Balaban J connectivity index is 2.57. The number of carbonyl (C=O) groups is 1. The summed E-state index contributed by atoms with van der Waals surface area (Å²) < 4.78 is 38.0. The first-order valence-corrected chi connectivity index (χ1v) is 4.61. The molecule has 2 aromatic rings. The minimum atomic E-state index is -0.785. The van der Waals surface area contributed by atoms with Gasteiger partial charge in [0.05, 0.1) is 11.8 Å². The van der Waals surface area contributed by atoms with E-state index >= 15 is 0 Å². The zero-order valence-electron chi connectivity index (χ0n) is 13.5. The molecule has 4 heteroatoms. The first kappa shape index (κ1) is 6.30.